The van der Waals surface area contributed by atoms with Gasteiger partial charge < -0.3 is 4.90 Å². The third-order valence-corrected chi connectivity index (χ3v) is 7.47. The fourth-order valence-corrected chi connectivity index (χ4v) is 6.22. The number of carbonyl (C=O) groups excluding carboxylic acids is 1. The van der Waals surface area contributed by atoms with Crippen LogP contribution in [0.4, 0.5) is 10.1 Å². The van der Waals surface area contributed by atoms with E-state index in [1.807, 2.05) is 12.1 Å². The molecule has 0 aromatic heterocycles. The summed E-state index contributed by atoms with van der Waals surface area (Å²) in [6, 6.07) is 11.6. The largest absolute Gasteiger partial charge is 0.363 e. The molecule has 2 nitrogen and oxygen atoms in total. The van der Waals surface area contributed by atoms with E-state index < -0.39 is 0 Å². The number of fused-ring (bicyclic) bond motifs is 4. The van der Waals surface area contributed by atoms with Crippen molar-refractivity contribution in [1.29, 1.82) is 0 Å². The number of Topliss-reactive ketones (excluding diaryl/α,β-unsaturated/α-hetero) is 1. The standard InChI is InChI=1S/C26H24FNO/c1-15(29)18-12-23-20-5-2-4-17(20)14-28-25(16-8-10-19(27)11-9-16)22-7-3-6-21(22)24(13-18)26(23)28/h2-3,5-6,8-13,17,20-22,25H,4,7,14H2,1H3/t17-,20+,21+,22-,25+/m1/s1. The van der Waals surface area contributed by atoms with Gasteiger partial charge in [0.15, 0.2) is 5.78 Å². The quantitative estimate of drug-likeness (QED) is 0.472. The Morgan fingerprint density at radius 1 is 1.00 bits per heavy atom. The normalized spacial score (nSPS) is 30.8. The molecular weight excluding hydrogens is 361 g/mol. The number of ketones is 1. The third kappa shape index (κ3) is 2.43. The summed E-state index contributed by atoms with van der Waals surface area (Å²) in [7, 11) is 0. The Labute approximate surface area is 170 Å². The lowest BCUT2D eigenvalue weighted by molar-refractivity contribution is 0.101. The molecule has 0 bridgehead atoms. The number of allylic oxidation sites excluding steroid dienone is 4. The Kier molecular flexibility index (Phi) is 3.65. The van der Waals surface area contributed by atoms with E-state index >= 15 is 0 Å². The molecule has 0 amide bonds. The zero-order chi connectivity index (χ0) is 19.7. The van der Waals surface area contributed by atoms with E-state index in [0.29, 0.717) is 23.7 Å². The molecule has 2 heterocycles. The average Bonchev–Trinajstić information content (AvgIpc) is 3.38. The lowest BCUT2D eigenvalue weighted by Gasteiger charge is -2.51. The van der Waals surface area contributed by atoms with E-state index in [0.717, 1.165) is 24.9 Å². The molecule has 0 unspecified atom stereocenters. The highest BCUT2D eigenvalue weighted by Crippen LogP contribution is 2.58. The van der Waals surface area contributed by atoms with Crippen LogP contribution in [0.5, 0.6) is 0 Å². The maximum atomic E-state index is 13.6. The van der Waals surface area contributed by atoms with Crippen LogP contribution in [0.25, 0.3) is 0 Å². The Bertz CT molecular complexity index is 1050. The van der Waals surface area contributed by atoms with Gasteiger partial charge in [-0.05, 0) is 72.6 Å². The second kappa shape index (κ2) is 6.16. The summed E-state index contributed by atoms with van der Waals surface area (Å²) in [5.74, 6) is 1.64. The molecule has 3 heteroatoms. The van der Waals surface area contributed by atoms with Crippen LogP contribution in [0, 0.1) is 17.7 Å². The number of benzene rings is 2. The lowest BCUT2D eigenvalue weighted by Crippen LogP contribution is -2.46. The predicted octanol–water partition coefficient (Wildman–Crippen LogP) is 5.92. The molecule has 0 N–H and O–H groups in total. The van der Waals surface area contributed by atoms with Crippen molar-refractivity contribution in [1.82, 2.24) is 0 Å². The zero-order valence-corrected chi connectivity index (χ0v) is 16.5. The van der Waals surface area contributed by atoms with E-state index in [1.54, 1.807) is 19.1 Å². The first kappa shape index (κ1) is 17.2. The summed E-state index contributed by atoms with van der Waals surface area (Å²) in [5, 5.41) is 0. The molecule has 6 rings (SSSR count). The molecule has 0 saturated carbocycles. The Hall–Kier alpha value is -2.68. The second-order valence-electron chi connectivity index (χ2n) is 9.01. The second-order valence-corrected chi connectivity index (χ2v) is 9.01. The average molecular weight is 385 g/mol. The van der Waals surface area contributed by atoms with E-state index in [2.05, 4.69) is 41.3 Å². The molecular formula is C26H24FNO. The minimum atomic E-state index is -0.184. The van der Waals surface area contributed by atoms with E-state index in [9.17, 15) is 9.18 Å². The highest BCUT2D eigenvalue weighted by molar-refractivity contribution is 5.95. The highest BCUT2D eigenvalue weighted by Gasteiger charge is 2.47. The number of nitrogens with zero attached hydrogens (tertiary/aromatic N) is 1. The minimum Gasteiger partial charge on any atom is -0.363 e. The van der Waals surface area contributed by atoms with Crippen LogP contribution in [-0.4, -0.2) is 12.3 Å². The van der Waals surface area contributed by atoms with Crippen molar-refractivity contribution in [3.63, 3.8) is 0 Å². The Morgan fingerprint density at radius 2 is 1.69 bits per heavy atom. The molecule has 0 fully saturated rings. The molecule has 0 radical (unpaired) electrons. The van der Waals surface area contributed by atoms with E-state index in [1.165, 1.54) is 22.4 Å². The molecule has 5 atom stereocenters. The molecule has 29 heavy (non-hydrogen) atoms. The van der Waals surface area contributed by atoms with Gasteiger partial charge in [-0.2, -0.15) is 0 Å². The van der Waals surface area contributed by atoms with Gasteiger partial charge in [-0.1, -0.05) is 36.4 Å². The van der Waals surface area contributed by atoms with Crippen molar-refractivity contribution in [2.75, 3.05) is 11.4 Å². The predicted molar refractivity (Wildman–Crippen MR) is 113 cm³/mol. The number of carbonyl (C=O) groups is 1. The van der Waals surface area contributed by atoms with Crippen LogP contribution in [-0.2, 0) is 0 Å². The van der Waals surface area contributed by atoms with Crippen LogP contribution >= 0.6 is 0 Å². The van der Waals surface area contributed by atoms with Crippen LogP contribution < -0.4 is 4.90 Å². The third-order valence-electron chi connectivity index (χ3n) is 7.47. The van der Waals surface area contributed by atoms with Gasteiger partial charge in [0.25, 0.3) is 0 Å². The summed E-state index contributed by atoms with van der Waals surface area (Å²) in [5.41, 5.74) is 5.97. The van der Waals surface area contributed by atoms with Crippen LogP contribution in [0.3, 0.4) is 0 Å². The maximum Gasteiger partial charge on any atom is 0.159 e. The monoisotopic (exact) mass is 385 g/mol. The smallest absolute Gasteiger partial charge is 0.159 e. The molecule has 2 aliphatic heterocycles. The lowest BCUT2D eigenvalue weighted by atomic mass is 9.70. The Balaban J connectivity index is 1.59. The van der Waals surface area contributed by atoms with Gasteiger partial charge in [-0.25, -0.2) is 4.39 Å². The Morgan fingerprint density at radius 3 is 2.45 bits per heavy atom. The molecule has 2 aromatic rings. The molecule has 4 aliphatic rings. The summed E-state index contributed by atoms with van der Waals surface area (Å²) in [4.78, 5) is 14.9. The first-order chi connectivity index (χ1) is 14.1. The summed E-state index contributed by atoms with van der Waals surface area (Å²) >= 11 is 0. The highest BCUT2D eigenvalue weighted by atomic mass is 19.1. The first-order valence-corrected chi connectivity index (χ1v) is 10.7. The van der Waals surface area contributed by atoms with Crippen molar-refractivity contribution in [2.45, 2.75) is 37.6 Å². The number of rotatable bonds is 2. The van der Waals surface area contributed by atoms with Crippen molar-refractivity contribution in [3.05, 3.63) is 88.8 Å². The van der Waals surface area contributed by atoms with Gasteiger partial charge in [0.1, 0.15) is 5.82 Å². The topological polar surface area (TPSA) is 20.3 Å². The molecule has 146 valence electrons. The van der Waals surface area contributed by atoms with Crippen molar-refractivity contribution in [2.24, 2.45) is 11.8 Å². The van der Waals surface area contributed by atoms with Crippen LogP contribution in [0.2, 0.25) is 0 Å². The van der Waals surface area contributed by atoms with E-state index in [-0.39, 0.29) is 17.6 Å². The molecule has 0 saturated heterocycles. The number of hydrogen-bond acceptors (Lipinski definition) is 2. The van der Waals surface area contributed by atoms with Gasteiger partial charge in [0.2, 0.25) is 0 Å². The number of halogens is 1. The van der Waals surface area contributed by atoms with Gasteiger partial charge in [0.05, 0.1) is 6.04 Å². The van der Waals surface area contributed by atoms with Gasteiger partial charge in [-0.15, -0.1) is 0 Å². The zero-order valence-electron chi connectivity index (χ0n) is 16.5. The van der Waals surface area contributed by atoms with Gasteiger partial charge >= 0.3 is 0 Å². The van der Waals surface area contributed by atoms with Gasteiger partial charge in [-0.3, -0.25) is 4.79 Å². The van der Waals surface area contributed by atoms with Crippen LogP contribution in [0.1, 0.15) is 64.7 Å². The first-order valence-electron chi connectivity index (χ1n) is 10.7. The number of hydrogen-bond donors (Lipinski definition) is 0. The fraction of sp³-hybridized carbons (Fsp3) is 0.346. The van der Waals surface area contributed by atoms with Crippen molar-refractivity contribution in [3.8, 4) is 0 Å². The fourth-order valence-electron chi connectivity index (χ4n) is 6.22. The maximum absolute atomic E-state index is 13.6. The van der Waals surface area contributed by atoms with Crippen molar-refractivity contribution < 1.29 is 9.18 Å². The summed E-state index contributed by atoms with van der Waals surface area (Å²) < 4.78 is 13.6. The minimum absolute atomic E-state index is 0.138. The van der Waals surface area contributed by atoms with Gasteiger partial charge in [0, 0.05) is 29.6 Å². The molecule has 2 aromatic carbocycles. The summed E-state index contributed by atoms with van der Waals surface area (Å²) in [6.45, 7) is 2.69. The van der Waals surface area contributed by atoms with E-state index in [4.69, 9.17) is 0 Å². The molecule has 2 aliphatic carbocycles. The molecule has 0 spiro atoms. The summed E-state index contributed by atoms with van der Waals surface area (Å²) in [6.07, 6.45) is 11.4. The SMILES string of the molecule is CC(=O)c1cc2c3c(c1)[C@H]1C=CC[C@H]1[C@H](c1ccc(F)cc1)N3C[C@H]1CC=C[C@H]21. The van der Waals surface area contributed by atoms with Crippen molar-refractivity contribution >= 4 is 11.5 Å². The number of anilines is 1. The van der Waals surface area contributed by atoms with Crippen LogP contribution in [0.15, 0.2) is 60.7 Å².